The van der Waals surface area contributed by atoms with Gasteiger partial charge in [0.05, 0.1) is 6.20 Å². The molecule has 0 aliphatic carbocycles. The molecule has 0 aliphatic heterocycles. The molecule has 0 fully saturated rings. The molecule has 0 atom stereocenters. The molecule has 1 rings (SSSR count). The van der Waals surface area contributed by atoms with E-state index >= 15 is 0 Å². The molecule has 80 valence electrons. The summed E-state index contributed by atoms with van der Waals surface area (Å²) in [6.07, 6.45) is 1.70. The summed E-state index contributed by atoms with van der Waals surface area (Å²) in [6.45, 7) is 8.55. The molecule has 0 spiro atoms. The molecule has 0 unspecified atom stereocenters. The van der Waals surface area contributed by atoms with E-state index in [4.69, 9.17) is 0 Å². The lowest BCUT2D eigenvalue weighted by Gasteiger charge is -2.03. The van der Waals surface area contributed by atoms with Crippen molar-refractivity contribution >= 4 is 5.91 Å². The van der Waals surface area contributed by atoms with Gasteiger partial charge < -0.3 is 5.32 Å². The highest BCUT2D eigenvalue weighted by Gasteiger charge is 2.12. The first-order valence-corrected chi connectivity index (χ1v) is 4.95. The van der Waals surface area contributed by atoms with Crippen LogP contribution < -0.4 is 5.32 Å². The summed E-state index contributed by atoms with van der Waals surface area (Å²) >= 11 is 0. The first-order chi connectivity index (χ1) is 6.70. The van der Waals surface area contributed by atoms with Gasteiger partial charge in [0.1, 0.15) is 5.69 Å². The second-order valence-corrected chi connectivity index (χ2v) is 2.57. The lowest BCUT2D eigenvalue weighted by atomic mass is 10.2. The van der Waals surface area contributed by atoms with Crippen LogP contribution in [-0.2, 0) is 6.54 Å². The van der Waals surface area contributed by atoms with Crippen molar-refractivity contribution in [2.45, 2.75) is 34.2 Å². The van der Waals surface area contributed by atoms with Gasteiger partial charge in [-0.15, -0.1) is 0 Å². The van der Waals surface area contributed by atoms with E-state index in [0.717, 1.165) is 12.1 Å². The van der Waals surface area contributed by atoms with E-state index in [9.17, 15) is 4.79 Å². The molecule has 4 nitrogen and oxygen atoms in total. The van der Waals surface area contributed by atoms with Crippen molar-refractivity contribution in [2.24, 2.45) is 0 Å². The zero-order chi connectivity index (χ0) is 11.1. The van der Waals surface area contributed by atoms with Crippen LogP contribution in [0, 0.1) is 6.92 Å². The van der Waals surface area contributed by atoms with Crippen LogP contribution in [0.4, 0.5) is 0 Å². The van der Waals surface area contributed by atoms with Crippen molar-refractivity contribution < 1.29 is 4.79 Å². The van der Waals surface area contributed by atoms with E-state index in [2.05, 4.69) is 10.4 Å². The maximum Gasteiger partial charge on any atom is 0.269 e. The molecule has 1 aromatic heterocycles. The molecule has 4 heteroatoms. The van der Waals surface area contributed by atoms with Gasteiger partial charge in [0.25, 0.3) is 5.91 Å². The Labute approximate surface area is 85.3 Å². The molecule has 14 heavy (non-hydrogen) atoms. The summed E-state index contributed by atoms with van der Waals surface area (Å²) in [6, 6.07) is 0. The number of rotatable bonds is 2. The average molecular weight is 197 g/mol. The van der Waals surface area contributed by atoms with Gasteiger partial charge in [-0.1, -0.05) is 13.8 Å². The predicted molar refractivity (Wildman–Crippen MR) is 57.4 cm³/mol. The van der Waals surface area contributed by atoms with Gasteiger partial charge in [-0.25, -0.2) is 0 Å². The first-order valence-electron chi connectivity index (χ1n) is 4.95. The molecule has 1 amide bonds. The fourth-order valence-corrected chi connectivity index (χ4v) is 1.13. The minimum absolute atomic E-state index is 0.0770. The molecule has 0 bridgehead atoms. The normalized spacial score (nSPS) is 8.93. The van der Waals surface area contributed by atoms with E-state index in [-0.39, 0.29) is 5.91 Å². The highest BCUT2D eigenvalue weighted by atomic mass is 16.1. The number of amides is 1. The van der Waals surface area contributed by atoms with Gasteiger partial charge in [-0.3, -0.25) is 9.48 Å². The molecule has 1 aromatic rings. The quantitative estimate of drug-likeness (QED) is 0.782. The topological polar surface area (TPSA) is 46.9 Å². The van der Waals surface area contributed by atoms with Gasteiger partial charge in [0.2, 0.25) is 0 Å². The van der Waals surface area contributed by atoms with Gasteiger partial charge in [-0.2, -0.15) is 5.10 Å². The minimum Gasteiger partial charge on any atom is -0.354 e. The van der Waals surface area contributed by atoms with Crippen LogP contribution in [0.1, 0.15) is 36.8 Å². The van der Waals surface area contributed by atoms with Gasteiger partial charge in [0.15, 0.2) is 0 Å². The maximum absolute atomic E-state index is 11.3. The van der Waals surface area contributed by atoms with Crippen molar-refractivity contribution in [1.82, 2.24) is 15.1 Å². The van der Waals surface area contributed by atoms with Crippen LogP contribution in [0.15, 0.2) is 6.20 Å². The van der Waals surface area contributed by atoms with Crippen LogP contribution in [0.2, 0.25) is 0 Å². The number of nitrogens with zero attached hydrogens (tertiary/aromatic N) is 2. The summed E-state index contributed by atoms with van der Waals surface area (Å²) in [5, 5.41) is 6.64. The third-order valence-corrected chi connectivity index (χ3v) is 1.76. The predicted octanol–water partition coefficient (Wildman–Crippen LogP) is 1.60. The molecule has 0 saturated heterocycles. The Morgan fingerprint density at radius 2 is 2.14 bits per heavy atom. The summed E-state index contributed by atoms with van der Waals surface area (Å²) in [5.74, 6) is -0.0770. The number of hydrogen-bond acceptors (Lipinski definition) is 2. The van der Waals surface area contributed by atoms with Crippen molar-refractivity contribution in [1.29, 1.82) is 0 Å². The number of carbonyl (C=O) groups excluding carboxylic acids is 1. The molecule has 0 aliphatic rings. The smallest absolute Gasteiger partial charge is 0.269 e. The second kappa shape index (κ2) is 6.18. The first kappa shape index (κ1) is 12.7. The Morgan fingerprint density at radius 1 is 1.57 bits per heavy atom. The zero-order valence-corrected chi connectivity index (χ0v) is 9.59. The summed E-state index contributed by atoms with van der Waals surface area (Å²) in [4.78, 5) is 11.3. The van der Waals surface area contributed by atoms with Gasteiger partial charge in [-0.05, 0) is 19.4 Å². The standard InChI is InChI=1S/C8H13N3O.C2H6/c1-4-11-7(8(12)9-3)6(2)5-10-11;1-2/h5H,4H2,1-3H3,(H,9,12);1-2H3. The zero-order valence-electron chi connectivity index (χ0n) is 9.59. The van der Waals surface area contributed by atoms with Crippen LogP contribution >= 0.6 is 0 Å². The van der Waals surface area contributed by atoms with Crippen LogP contribution in [0.5, 0.6) is 0 Å². The summed E-state index contributed by atoms with van der Waals surface area (Å²) < 4.78 is 1.69. The Bertz CT molecular complexity index is 292. The van der Waals surface area contributed by atoms with E-state index in [0.29, 0.717) is 5.69 Å². The van der Waals surface area contributed by atoms with Crippen molar-refractivity contribution in [3.8, 4) is 0 Å². The van der Waals surface area contributed by atoms with E-state index in [1.54, 1.807) is 17.9 Å². The monoisotopic (exact) mass is 197 g/mol. The number of aryl methyl sites for hydroxylation is 2. The Balaban J connectivity index is 0.000000791. The van der Waals surface area contributed by atoms with E-state index in [1.165, 1.54) is 0 Å². The fraction of sp³-hybridized carbons (Fsp3) is 0.600. The van der Waals surface area contributed by atoms with Crippen LogP contribution in [-0.4, -0.2) is 22.7 Å². The molecule has 0 aromatic carbocycles. The molecule has 0 saturated carbocycles. The number of nitrogens with one attached hydrogen (secondary N) is 1. The Morgan fingerprint density at radius 3 is 2.57 bits per heavy atom. The fourth-order valence-electron chi connectivity index (χ4n) is 1.13. The second-order valence-electron chi connectivity index (χ2n) is 2.57. The molecule has 0 radical (unpaired) electrons. The van der Waals surface area contributed by atoms with E-state index < -0.39 is 0 Å². The third kappa shape index (κ3) is 2.58. The largest absolute Gasteiger partial charge is 0.354 e. The van der Waals surface area contributed by atoms with Crippen molar-refractivity contribution in [3.05, 3.63) is 17.5 Å². The molecular weight excluding hydrogens is 178 g/mol. The average Bonchev–Trinajstić information content (AvgIpc) is 2.61. The SMILES string of the molecule is CC.CCn1ncc(C)c1C(=O)NC. The van der Waals surface area contributed by atoms with Crippen LogP contribution in [0.25, 0.3) is 0 Å². The van der Waals surface area contributed by atoms with Gasteiger partial charge >= 0.3 is 0 Å². The Hall–Kier alpha value is -1.32. The number of carbonyl (C=O) groups is 1. The summed E-state index contributed by atoms with van der Waals surface area (Å²) in [7, 11) is 1.62. The van der Waals surface area contributed by atoms with E-state index in [1.807, 2.05) is 27.7 Å². The number of aromatic nitrogens is 2. The minimum atomic E-state index is -0.0770. The highest BCUT2D eigenvalue weighted by molar-refractivity contribution is 5.93. The lowest BCUT2D eigenvalue weighted by Crippen LogP contribution is -2.22. The molecular formula is C10H19N3O. The van der Waals surface area contributed by atoms with Gasteiger partial charge in [0, 0.05) is 13.6 Å². The molecule has 1 heterocycles. The highest BCUT2D eigenvalue weighted by Crippen LogP contribution is 2.06. The summed E-state index contributed by atoms with van der Waals surface area (Å²) in [5.41, 5.74) is 1.57. The van der Waals surface area contributed by atoms with Crippen molar-refractivity contribution in [2.75, 3.05) is 7.05 Å². The number of hydrogen-bond donors (Lipinski definition) is 1. The van der Waals surface area contributed by atoms with Crippen LogP contribution in [0.3, 0.4) is 0 Å². The lowest BCUT2D eigenvalue weighted by molar-refractivity contribution is 0.0952. The maximum atomic E-state index is 11.3. The third-order valence-electron chi connectivity index (χ3n) is 1.76. The molecule has 1 N–H and O–H groups in total. The van der Waals surface area contributed by atoms with Crippen molar-refractivity contribution in [3.63, 3.8) is 0 Å². The Kier molecular flexibility index (Phi) is 5.60.